The van der Waals surface area contributed by atoms with E-state index in [4.69, 9.17) is 12.2 Å². The fourth-order valence-electron chi connectivity index (χ4n) is 3.52. The summed E-state index contributed by atoms with van der Waals surface area (Å²) in [6, 6.07) is 16.7. The van der Waals surface area contributed by atoms with Crippen molar-refractivity contribution in [2.24, 2.45) is 0 Å². The van der Waals surface area contributed by atoms with E-state index in [9.17, 15) is 0 Å². The lowest BCUT2D eigenvalue weighted by Gasteiger charge is -2.27. The predicted molar refractivity (Wildman–Crippen MR) is 109 cm³/mol. The van der Waals surface area contributed by atoms with E-state index in [1.807, 2.05) is 24.4 Å². The summed E-state index contributed by atoms with van der Waals surface area (Å²) in [5.41, 5.74) is 6.88. The monoisotopic (exact) mass is 362 g/mol. The molecule has 0 amide bonds. The van der Waals surface area contributed by atoms with E-state index in [1.54, 1.807) is 0 Å². The zero-order chi connectivity index (χ0) is 18.3. The van der Waals surface area contributed by atoms with E-state index in [0.29, 0.717) is 0 Å². The molecule has 0 bridgehead atoms. The van der Waals surface area contributed by atoms with Crippen LogP contribution in [0, 0.1) is 20.8 Å². The van der Waals surface area contributed by atoms with E-state index in [2.05, 4.69) is 71.3 Å². The van der Waals surface area contributed by atoms with E-state index in [0.717, 1.165) is 27.9 Å². The van der Waals surface area contributed by atoms with Crippen molar-refractivity contribution in [2.75, 3.05) is 4.90 Å². The Morgan fingerprint density at radius 2 is 1.85 bits per heavy atom. The number of aryl methyl sites for hydroxylation is 3. The average molecular weight is 363 g/mol. The van der Waals surface area contributed by atoms with Crippen LogP contribution < -0.4 is 10.2 Å². The topological polar surface area (TPSA) is 44.0 Å². The Kier molecular flexibility index (Phi) is 4.24. The normalized spacial score (nSPS) is 19.7. The minimum atomic E-state index is -0.0108. The van der Waals surface area contributed by atoms with Gasteiger partial charge in [0.15, 0.2) is 5.11 Å². The van der Waals surface area contributed by atoms with Crippen molar-refractivity contribution < 1.29 is 0 Å². The molecule has 3 heterocycles. The van der Waals surface area contributed by atoms with Crippen molar-refractivity contribution >= 4 is 23.0 Å². The summed E-state index contributed by atoms with van der Waals surface area (Å²) < 4.78 is 0. The summed E-state index contributed by atoms with van der Waals surface area (Å²) >= 11 is 5.73. The van der Waals surface area contributed by atoms with Crippen molar-refractivity contribution in [3.63, 3.8) is 0 Å². The zero-order valence-corrected chi connectivity index (χ0v) is 16.0. The second kappa shape index (κ2) is 6.57. The number of anilines is 1. The van der Waals surface area contributed by atoms with Gasteiger partial charge in [-0.2, -0.15) is 0 Å². The van der Waals surface area contributed by atoms with Crippen LogP contribution in [0.5, 0.6) is 0 Å². The minimum Gasteiger partial charge on any atom is -0.361 e. The highest BCUT2D eigenvalue weighted by Crippen LogP contribution is 2.41. The van der Waals surface area contributed by atoms with Crippen molar-refractivity contribution in [2.45, 2.75) is 32.9 Å². The van der Waals surface area contributed by atoms with Gasteiger partial charge in [-0.1, -0.05) is 12.1 Å². The highest BCUT2D eigenvalue weighted by molar-refractivity contribution is 7.80. The SMILES string of the molecule is Cc1ccc([C@H]2[C@@H](c3ccccn3)NC(=S)N2c2ccc(C)c(C)c2)[nH]1. The van der Waals surface area contributed by atoms with E-state index < -0.39 is 0 Å². The Morgan fingerprint density at radius 3 is 2.50 bits per heavy atom. The fourth-order valence-corrected chi connectivity index (χ4v) is 3.87. The first-order valence-electron chi connectivity index (χ1n) is 8.78. The van der Waals surface area contributed by atoms with Gasteiger partial charge in [-0.05, 0) is 80.5 Å². The lowest BCUT2D eigenvalue weighted by molar-refractivity contribution is 0.558. The van der Waals surface area contributed by atoms with Gasteiger partial charge in [0.1, 0.15) is 6.04 Å². The lowest BCUT2D eigenvalue weighted by Crippen LogP contribution is -2.29. The largest absolute Gasteiger partial charge is 0.361 e. The van der Waals surface area contributed by atoms with Crippen molar-refractivity contribution in [1.82, 2.24) is 15.3 Å². The van der Waals surface area contributed by atoms with Crippen molar-refractivity contribution in [3.8, 4) is 0 Å². The van der Waals surface area contributed by atoms with E-state index >= 15 is 0 Å². The molecule has 3 aromatic rings. The van der Waals surface area contributed by atoms with Gasteiger partial charge in [0.05, 0.1) is 11.7 Å². The van der Waals surface area contributed by atoms with Crippen molar-refractivity contribution in [1.29, 1.82) is 0 Å². The standard InChI is InChI=1S/C21H22N4S/c1-13-7-9-16(12-14(13)2)25-20(18-10-8-15(3)23-18)19(24-21(25)26)17-6-4-5-11-22-17/h4-12,19-20,23H,1-3H3,(H,24,26)/t19-,20+/m1/s1. The number of hydrogen-bond acceptors (Lipinski definition) is 2. The molecule has 1 aliphatic rings. The first-order chi connectivity index (χ1) is 12.5. The molecule has 0 radical (unpaired) electrons. The first-order valence-corrected chi connectivity index (χ1v) is 9.19. The highest BCUT2D eigenvalue weighted by Gasteiger charge is 2.41. The number of benzene rings is 1. The number of aromatic nitrogens is 2. The quantitative estimate of drug-likeness (QED) is 0.673. The number of nitrogens with one attached hydrogen (secondary N) is 2. The smallest absolute Gasteiger partial charge is 0.174 e. The Labute approximate surface area is 159 Å². The summed E-state index contributed by atoms with van der Waals surface area (Å²) in [7, 11) is 0. The summed E-state index contributed by atoms with van der Waals surface area (Å²) in [4.78, 5) is 10.3. The van der Waals surface area contributed by atoms with E-state index in [1.165, 1.54) is 11.1 Å². The molecule has 0 spiro atoms. The summed E-state index contributed by atoms with van der Waals surface area (Å²) in [5.74, 6) is 0. The van der Waals surface area contributed by atoms with E-state index in [-0.39, 0.29) is 12.1 Å². The molecule has 4 rings (SSSR count). The molecule has 2 aromatic heterocycles. The van der Waals surface area contributed by atoms with Gasteiger partial charge in [-0.3, -0.25) is 4.98 Å². The maximum Gasteiger partial charge on any atom is 0.174 e. The van der Waals surface area contributed by atoms with Crippen molar-refractivity contribution in [3.05, 3.63) is 82.9 Å². The molecule has 5 heteroatoms. The van der Waals surface area contributed by atoms with Gasteiger partial charge in [0.25, 0.3) is 0 Å². The van der Waals surface area contributed by atoms with Gasteiger partial charge in [0, 0.05) is 23.3 Å². The molecule has 1 saturated heterocycles. The maximum absolute atomic E-state index is 5.73. The van der Waals surface area contributed by atoms with Gasteiger partial charge in [-0.15, -0.1) is 0 Å². The third-order valence-electron chi connectivity index (χ3n) is 5.04. The number of nitrogens with zero attached hydrogens (tertiary/aromatic N) is 2. The van der Waals surface area contributed by atoms with Crippen LogP contribution in [0.2, 0.25) is 0 Å². The fraction of sp³-hybridized carbons (Fsp3) is 0.238. The maximum atomic E-state index is 5.73. The average Bonchev–Trinajstić information content (AvgIpc) is 3.21. The molecule has 0 saturated carbocycles. The molecular weight excluding hydrogens is 340 g/mol. The van der Waals surface area contributed by atoms with Gasteiger partial charge in [-0.25, -0.2) is 0 Å². The Balaban J connectivity index is 1.83. The Bertz CT molecular complexity index is 948. The number of rotatable bonds is 3. The molecule has 0 aliphatic carbocycles. The molecule has 1 aliphatic heterocycles. The molecule has 2 atom stereocenters. The summed E-state index contributed by atoms with van der Waals surface area (Å²) in [5, 5.41) is 4.21. The number of pyridine rings is 1. The van der Waals surface area contributed by atoms with Gasteiger partial charge < -0.3 is 15.2 Å². The van der Waals surface area contributed by atoms with Crippen LogP contribution in [0.25, 0.3) is 0 Å². The number of hydrogen-bond donors (Lipinski definition) is 2. The third-order valence-corrected chi connectivity index (χ3v) is 5.35. The van der Waals surface area contributed by atoms with Crippen LogP contribution >= 0.6 is 12.2 Å². The summed E-state index contributed by atoms with van der Waals surface area (Å²) in [6.45, 7) is 6.33. The Morgan fingerprint density at radius 1 is 1.00 bits per heavy atom. The highest BCUT2D eigenvalue weighted by atomic mass is 32.1. The number of thiocarbonyl (C=S) groups is 1. The minimum absolute atomic E-state index is 0.0108. The molecule has 1 aromatic carbocycles. The molecule has 0 unspecified atom stereocenters. The molecule has 26 heavy (non-hydrogen) atoms. The van der Waals surface area contributed by atoms with Gasteiger partial charge >= 0.3 is 0 Å². The second-order valence-corrected chi connectivity index (χ2v) is 7.25. The molecule has 2 N–H and O–H groups in total. The lowest BCUT2D eigenvalue weighted by atomic mass is 10.0. The van der Waals surface area contributed by atoms with Crippen LogP contribution in [-0.4, -0.2) is 15.1 Å². The molecule has 4 nitrogen and oxygen atoms in total. The van der Waals surface area contributed by atoms with Crippen LogP contribution in [0.4, 0.5) is 5.69 Å². The Hall–Kier alpha value is -2.66. The second-order valence-electron chi connectivity index (χ2n) is 6.86. The zero-order valence-electron chi connectivity index (χ0n) is 15.2. The van der Waals surface area contributed by atoms with Crippen LogP contribution in [-0.2, 0) is 0 Å². The van der Waals surface area contributed by atoms with Gasteiger partial charge in [0.2, 0.25) is 0 Å². The summed E-state index contributed by atoms with van der Waals surface area (Å²) in [6.07, 6.45) is 1.83. The molecule has 132 valence electrons. The first kappa shape index (κ1) is 16.8. The van der Waals surface area contributed by atoms with Crippen LogP contribution in [0.3, 0.4) is 0 Å². The number of H-pyrrole nitrogens is 1. The third kappa shape index (κ3) is 2.88. The molecule has 1 fully saturated rings. The van der Waals surface area contributed by atoms with Crippen LogP contribution in [0.15, 0.2) is 54.7 Å². The predicted octanol–water partition coefficient (Wildman–Crippen LogP) is 4.51. The number of aromatic amines is 1. The molecular formula is C21H22N4S. The van der Waals surface area contributed by atoms with Crippen LogP contribution in [0.1, 0.15) is 40.3 Å².